The molecule has 2 unspecified atom stereocenters. The van der Waals surface area contributed by atoms with E-state index in [0.29, 0.717) is 25.0 Å². The molecule has 2 saturated heterocycles. The smallest absolute Gasteiger partial charge is 0.243 e. The number of piperidine rings is 1. The monoisotopic (exact) mass is 356 g/mol. The number of hydrogen-bond donors (Lipinski definition) is 2. The zero-order valence-electron chi connectivity index (χ0n) is 13.4. The van der Waals surface area contributed by atoms with Crippen molar-refractivity contribution in [2.24, 2.45) is 5.92 Å². The first kappa shape index (κ1) is 17.1. The van der Waals surface area contributed by atoms with Crippen molar-refractivity contribution >= 4 is 21.6 Å². The molecule has 2 heterocycles. The van der Waals surface area contributed by atoms with Crippen molar-refractivity contribution in [2.75, 3.05) is 36.7 Å². The molecule has 2 aliphatic heterocycles. The van der Waals surface area contributed by atoms with Gasteiger partial charge in [0.2, 0.25) is 15.9 Å². The van der Waals surface area contributed by atoms with E-state index in [9.17, 15) is 17.6 Å². The molecule has 0 radical (unpaired) electrons. The number of likely N-dealkylation sites (tertiary alicyclic amines) is 1. The fraction of sp³-hybridized carbons (Fsp3) is 0.533. The van der Waals surface area contributed by atoms with E-state index in [0.717, 1.165) is 29.6 Å². The quantitative estimate of drug-likeness (QED) is 0.788. The first-order valence-electron chi connectivity index (χ1n) is 7.84. The molecule has 1 aromatic rings. The average molecular weight is 356 g/mol. The molecule has 9 heteroatoms. The van der Waals surface area contributed by atoms with Gasteiger partial charge in [0.15, 0.2) is 0 Å². The maximum Gasteiger partial charge on any atom is 0.243 e. The van der Waals surface area contributed by atoms with Gasteiger partial charge in [-0.25, -0.2) is 12.8 Å². The van der Waals surface area contributed by atoms with Crippen molar-refractivity contribution < 1.29 is 17.6 Å². The molecule has 0 aliphatic carbocycles. The fourth-order valence-corrected chi connectivity index (χ4v) is 4.07. The molecule has 2 fully saturated rings. The normalized spacial score (nSPS) is 23.8. The minimum atomic E-state index is -3.69. The maximum absolute atomic E-state index is 13.4. The highest BCUT2D eigenvalue weighted by Crippen LogP contribution is 2.22. The van der Waals surface area contributed by atoms with E-state index in [2.05, 4.69) is 10.9 Å². The van der Waals surface area contributed by atoms with E-state index in [4.69, 9.17) is 0 Å². The van der Waals surface area contributed by atoms with Crippen molar-refractivity contribution in [3.8, 4) is 0 Å². The molecular weight excluding hydrogens is 335 g/mol. The van der Waals surface area contributed by atoms with E-state index in [1.807, 2.05) is 0 Å². The average Bonchev–Trinajstić information content (AvgIpc) is 2.98. The predicted octanol–water partition coefficient (Wildman–Crippen LogP) is -0.0834. The van der Waals surface area contributed by atoms with Gasteiger partial charge in [0.1, 0.15) is 12.4 Å². The summed E-state index contributed by atoms with van der Waals surface area (Å²) in [6.45, 7) is 1.63. The van der Waals surface area contributed by atoms with Gasteiger partial charge in [0.25, 0.3) is 0 Å². The van der Waals surface area contributed by atoms with Gasteiger partial charge >= 0.3 is 0 Å². The maximum atomic E-state index is 13.4. The van der Waals surface area contributed by atoms with E-state index in [-0.39, 0.29) is 18.1 Å². The topological polar surface area (TPSA) is 81.8 Å². The summed E-state index contributed by atoms with van der Waals surface area (Å²) >= 11 is 0. The van der Waals surface area contributed by atoms with Gasteiger partial charge < -0.3 is 4.90 Å². The van der Waals surface area contributed by atoms with Crippen LogP contribution >= 0.6 is 0 Å². The van der Waals surface area contributed by atoms with Crippen LogP contribution in [0.4, 0.5) is 10.1 Å². The lowest BCUT2D eigenvalue weighted by molar-refractivity contribution is -0.131. The Labute approximate surface area is 140 Å². The Hall–Kier alpha value is -1.71. The highest BCUT2D eigenvalue weighted by molar-refractivity contribution is 7.92. The number of hydrazine groups is 1. The molecule has 2 atom stereocenters. The molecule has 0 bridgehead atoms. The van der Waals surface area contributed by atoms with E-state index >= 15 is 0 Å². The summed E-state index contributed by atoms with van der Waals surface area (Å²) in [5.74, 6) is -0.490. The van der Waals surface area contributed by atoms with E-state index < -0.39 is 15.8 Å². The highest BCUT2D eigenvalue weighted by Gasteiger charge is 2.35. The molecule has 132 valence electrons. The predicted molar refractivity (Wildman–Crippen MR) is 88.2 cm³/mol. The van der Waals surface area contributed by atoms with Crippen LogP contribution < -0.4 is 15.2 Å². The SMILES string of the molecule is CS(=O)(=O)N(CC(=O)N1CCC2NNCC2C1)c1cccc(F)c1. The number of carbonyl (C=O) groups excluding carboxylic acids is 1. The van der Waals surface area contributed by atoms with Crippen LogP contribution in [0.3, 0.4) is 0 Å². The fourth-order valence-electron chi connectivity index (χ4n) is 3.23. The number of amides is 1. The van der Waals surface area contributed by atoms with Crippen molar-refractivity contribution in [3.05, 3.63) is 30.1 Å². The molecule has 0 aromatic heterocycles. The van der Waals surface area contributed by atoms with Gasteiger partial charge in [-0.3, -0.25) is 20.0 Å². The highest BCUT2D eigenvalue weighted by atomic mass is 32.2. The molecule has 3 rings (SSSR count). The summed E-state index contributed by atoms with van der Waals surface area (Å²) in [6, 6.07) is 5.61. The Kier molecular flexibility index (Phi) is 4.75. The first-order valence-corrected chi connectivity index (χ1v) is 9.69. The van der Waals surface area contributed by atoms with Crippen molar-refractivity contribution in [1.29, 1.82) is 0 Å². The summed E-state index contributed by atoms with van der Waals surface area (Å²) in [7, 11) is -3.69. The molecule has 2 N–H and O–H groups in total. The third kappa shape index (κ3) is 3.68. The van der Waals surface area contributed by atoms with E-state index in [1.54, 1.807) is 4.90 Å². The molecular formula is C15H21FN4O3S. The summed E-state index contributed by atoms with van der Waals surface area (Å²) in [4.78, 5) is 14.3. The lowest BCUT2D eigenvalue weighted by Crippen LogP contribution is -2.50. The van der Waals surface area contributed by atoms with Crippen molar-refractivity contribution in [1.82, 2.24) is 15.8 Å². The standard InChI is InChI=1S/C15H21FN4O3S/c1-24(22,23)20(13-4-2-3-12(16)7-13)10-15(21)19-6-5-14-11(9-19)8-17-18-14/h2-4,7,11,14,17-18H,5-6,8-10H2,1H3. The van der Waals surface area contributed by atoms with Crippen LogP contribution in [-0.4, -0.2) is 57.7 Å². The van der Waals surface area contributed by atoms with Gasteiger partial charge in [-0.05, 0) is 24.6 Å². The zero-order valence-corrected chi connectivity index (χ0v) is 14.2. The summed E-state index contributed by atoms with van der Waals surface area (Å²) in [5, 5.41) is 0. The molecule has 24 heavy (non-hydrogen) atoms. The van der Waals surface area contributed by atoms with E-state index in [1.165, 1.54) is 18.2 Å². The Balaban J connectivity index is 1.74. The van der Waals surface area contributed by atoms with Crippen LogP contribution in [0.5, 0.6) is 0 Å². The van der Waals surface area contributed by atoms with Crippen LogP contribution in [0.2, 0.25) is 0 Å². The number of halogens is 1. The second-order valence-corrected chi connectivity index (χ2v) is 8.18. The van der Waals surface area contributed by atoms with Gasteiger partial charge in [0.05, 0.1) is 11.9 Å². The minimum Gasteiger partial charge on any atom is -0.341 e. The first-order chi connectivity index (χ1) is 11.3. The van der Waals surface area contributed by atoms with Crippen LogP contribution in [0, 0.1) is 11.7 Å². The Morgan fingerprint density at radius 2 is 2.25 bits per heavy atom. The van der Waals surface area contributed by atoms with Crippen LogP contribution in [0.25, 0.3) is 0 Å². The van der Waals surface area contributed by atoms with Crippen LogP contribution in [-0.2, 0) is 14.8 Å². The minimum absolute atomic E-state index is 0.157. The lowest BCUT2D eigenvalue weighted by Gasteiger charge is -2.35. The van der Waals surface area contributed by atoms with Gasteiger partial charge in [-0.1, -0.05) is 6.07 Å². The number of fused-ring (bicyclic) bond motifs is 1. The molecule has 7 nitrogen and oxygen atoms in total. The number of nitrogens with one attached hydrogen (secondary N) is 2. The van der Waals surface area contributed by atoms with Gasteiger partial charge in [-0.2, -0.15) is 0 Å². The number of anilines is 1. The number of benzene rings is 1. The van der Waals surface area contributed by atoms with Crippen molar-refractivity contribution in [2.45, 2.75) is 12.5 Å². The molecule has 0 spiro atoms. The molecule has 2 aliphatic rings. The van der Waals surface area contributed by atoms with Gasteiger partial charge in [0, 0.05) is 31.6 Å². The summed E-state index contributed by atoms with van der Waals surface area (Å²) in [6.07, 6.45) is 1.84. The van der Waals surface area contributed by atoms with Crippen LogP contribution in [0.15, 0.2) is 24.3 Å². The number of sulfonamides is 1. The Bertz CT molecular complexity index is 727. The third-order valence-electron chi connectivity index (χ3n) is 4.51. The number of carbonyl (C=O) groups is 1. The number of rotatable bonds is 4. The summed E-state index contributed by atoms with van der Waals surface area (Å²) in [5.41, 5.74) is 6.42. The summed E-state index contributed by atoms with van der Waals surface area (Å²) < 4.78 is 38.5. The largest absolute Gasteiger partial charge is 0.341 e. The molecule has 1 aromatic carbocycles. The van der Waals surface area contributed by atoms with Crippen molar-refractivity contribution in [3.63, 3.8) is 0 Å². The Morgan fingerprint density at radius 3 is 2.96 bits per heavy atom. The molecule has 1 amide bonds. The second kappa shape index (κ2) is 6.66. The zero-order chi connectivity index (χ0) is 17.3. The lowest BCUT2D eigenvalue weighted by atomic mass is 9.94. The third-order valence-corrected chi connectivity index (χ3v) is 5.65. The Morgan fingerprint density at radius 1 is 1.46 bits per heavy atom. The second-order valence-electron chi connectivity index (χ2n) is 6.27. The van der Waals surface area contributed by atoms with Gasteiger partial charge in [-0.15, -0.1) is 0 Å². The molecule has 0 saturated carbocycles. The van der Waals surface area contributed by atoms with Crippen LogP contribution in [0.1, 0.15) is 6.42 Å². The number of nitrogens with zero attached hydrogens (tertiary/aromatic N) is 2. The number of hydrogen-bond acceptors (Lipinski definition) is 5.